The fourth-order valence-corrected chi connectivity index (χ4v) is 2.93. The van der Waals surface area contributed by atoms with Crippen molar-refractivity contribution in [2.75, 3.05) is 26.3 Å². The van der Waals surface area contributed by atoms with Crippen LogP contribution in [0.5, 0.6) is 0 Å². The topological polar surface area (TPSA) is 76.1 Å². The number of likely N-dealkylation sites (tertiary alicyclic amines) is 1. The van der Waals surface area contributed by atoms with Crippen molar-refractivity contribution >= 4 is 12.1 Å². The normalized spacial score (nSPS) is 16.5. The fourth-order valence-electron chi connectivity index (χ4n) is 2.93. The monoisotopic (exact) mass is 335 g/mol. The molecule has 1 saturated heterocycles. The molecule has 0 bridgehead atoms. The number of esters is 1. The van der Waals surface area contributed by atoms with Crippen molar-refractivity contribution in [1.29, 1.82) is 0 Å². The Kier molecular flexibility index (Phi) is 7.06. The highest BCUT2D eigenvalue weighted by Gasteiger charge is 2.29. The van der Waals surface area contributed by atoms with E-state index in [1.54, 1.807) is 4.90 Å². The SMILES string of the molecule is CC(=O)OC[C@@H](CO)C1CCN(C(=O)OCc2ccccc2)CC1. The van der Waals surface area contributed by atoms with Gasteiger partial charge in [0.1, 0.15) is 6.61 Å². The Bertz CT molecular complexity index is 525. The van der Waals surface area contributed by atoms with Crippen LogP contribution in [-0.2, 0) is 20.9 Å². The molecule has 1 aliphatic heterocycles. The predicted molar refractivity (Wildman–Crippen MR) is 88.1 cm³/mol. The number of ether oxygens (including phenoxy) is 2. The summed E-state index contributed by atoms with van der Waals surface area (Å²) in [6.45, 7) is 3.03. The summed E-state index contributed by atoms with van der Waals surface area (Å²) in [6.07, 6.45) is 1.23. The Hall–Kier alpha value is -2.08. The predicted octanol–water partition coefficient (Wildman–Crippen LogP) is 2.21. The molecule has 6 heteroatoms. The Balaban J connectivity index is 1.74. The molecule has 1 aromatic rings. The molecule has 24 heavy (non-hydrogen) atoms. The van der Waals surface area contributed by atoms with Gasteiger partial charge in [-0.1, -0.05) is 30.3 Å². The second-order valence-electron chi connectivity index (χ2n) is 6.11. The zero-order chi connectivity index (χ0) is 17.4. The first-order chi connectivity index (χ1) is 11.6. The molecule has 2 rings (SSSR count). The van der Waals surface area contributed by atoms with E-state index in [1.807, 2.05) is 30.3 Å². The molecule has 6 nitrogen and oxygen atoms in total. The number of aliphatic hydroxyl groups is 1. The van der Waals surface area contributed by atoms with Crippen molar-refractivity contribution in [2.24, 2.45) is 11.8 Å². The van der Waals surface area contributed by atoms with Crippen LogP contribution in [0.1, 0.15) is 25.3 Å². The summed E-state index contributed by atoms with van der Waals surface area (Å²) in [5.41, 5.74) is 0.961. The molecule has 1 N–H and O–H groups in total. The van der Waals surface area contributed by atoms with Gasteiger partial charge in [-0.25, -0.2) is 4.79 Å². The molecular formula is C18H25NO5. The van der Waals surface area contributed by atoms with Crippen LogP contribution in [0.4, 0.5) is 4.79 Å². The van der Waals surface area contributed by atoms with Gasteiger partial charge in [-0.15, -0.1) is 0 Å². The minimum atomic E-state index is -0.338. The van der Waals surface area contributed by atoms with Crippen LogP contribution >= 0.6 is 0 Å². The second-order valence-corrected chi connectivity index (χ2v) is 6.11. The Morgan fingerprint density at radius 1 is 1.21 bits per heavy atom. The molecule has 132 valence electrons. The minimum absolute atomic E-state index is 0.0175. The van der Waals surface area contributed by atoms with Gasteiger partial charge in [-0.2, -0.15) is 0 Å². The molecule has 1 amide bonds. The van der Waals surface area contributed by atoms with Crippen LogP contribution in [0.3, 0.4) is 0 Å². The maximum absolute atomic E-state index is 12.1. The van der Waals surface area contributed by atoms with E-state index in [4.69, 9.17) is 9.47 Å². The number of hydrogen-bond donors (Lipinski definition) is 1. The number of carbonyl (C=O) groups excluding carboxylic acids is 2. The molecule has 0 spiro atoms. The number of hydrogen-bond acceptors (Lipinski definition) is 5. The summed E-state index contributed by atoms with van der Waals surface area (Å²) in [6, 6.07) is 9.57. The van der Waals surface area contributed by atoms with Crippen LogP contribution in [0.2, 0.25) is 0 Å². The first-order valence-corrected chi connectivity index (χ1v) is 8.30. The number of benzene rings is 1. The van der Waals surface area contributed by atoms with Crippen molar-refractivity contribution < 1.29 is 24.2 Å². The van der Waals surface area contributed by atoms with Crippen molar-refractivity contribution in [3.05, 3.63) is 35.9 Å². The van der Waals surface area contributed by atoms with Gasteiger partial charge in [-0.3, -0.25) is 4.79 Å². The summed E-state index contributed by atoms with van der Waals surface area (Å²) in [5.74, 6) is -0.167. The summed E-state index contributed by atoms with van der Waals surface area (Å²) in [5, 5.41) is 9.48. The summed E-state index contributed by atoms with van der Waals surface area (Å²) < 4.78 is 10.3. The van der Waals surface area contributed by atoms with E-state index < -0.39 is 0 Å². The highest BCUT2D eigenvalue weighted by Crippen LogP contribution is 2.25. The van der Waals surface area contributed by atoms with E-state index in [-0.39, 0.29) is 43.7 Å². The van der Waals surface area contributed by atoms with Gasteiger partial charge in [0.2, 0.25) is 0 Å². The van der Waals surface area contributed by atoms with Crippen LogP contribution in [0, 0.1) is 11.8 Å². The number of nitrogens with zero attached hydrogens (tertiary/aromatic N) is 1. The Labute approximate surface area is 142 Å². The molecule has 0 aromatic heterocycles. The van der Waals surface area contributed by atoms with Crippen LogP contribution in [0.25, 0.3) is 0 Å². The second kappa shape index (κ2) is 9.27. The van der Waals surface area contributed by atoms with E-state index >= 15 is 0 Å². The lowest BCUT2D eigenvalue weighted by Gasteiger charge is -2.34. The summed E-state index contributed by atoms with van der Waals surface area (Å²) in [4.78, 5) is 24.7. The summed E-state index contributed by atoms with van der Waals surface area (Å²) >= 11 is 0. The molecule has 0 unspecified atom stereocenters. The molecule has 0 saturated carbocycles. The van der Waals surface area contributed by atoms with Gasteiger partial charge in [0.15, 0.2) is 0 Å². The van der Waals surface area contributed by atoms with E-state index in [1.165, 1.54) is 6.92 Å². The van der Waals surface area contributed by atoms with E-state index in [2.05, 4.69) is 0 Å². The molecular weight excluding hydrogens is 310 g/mol. The molecule has 0 radical (unpaired) electrons. The van der Waals surface area contributed by atoms with E-state index in [9.17, 15) is 14.7 Å². The molecule has 1 aliphatic rings. The highest BCUT2D eigenvalue weighted by atomic mass is 16.6. The summed E-state index contributed by atoms with van der Waals surface area (Å²) in [7, 11) is 0. The fraction of sp³-hybridized carbons (Fsp3) is 0.556. The van der Waals surface area contributed by atoms with Gasteiger partial charge in [0, 0.05) is 32.5 Å². The molecule has 0 aliphatic carbocycles. The lowest BCUT2D eigenvalue weighted by atomic mass is 9.85. The lowest BCUT2D eigenvalue weighted by Crippen LogP contribution is -2.41. The van der Waals surface area contributed by atoms with Gasteiger partial charge >= 0.3 is 12.1 Å². The third kappa shape index (κ3) is 5.53. The third-order valence-corrected chi connectivity index (χ3v) is 4.40. The lowest BCUT2D eigenvalue weighted by molar-refractivity contribution is -0.143. The number of rotatable bonds is 6. The number of aliphatic hydroxyl groups excluding tert-OH is 1. The molecule has 1 fully saturated rings. The number of carbonyl (C=O) groups is 2. The molecule has 1 aromatic carbocycles. The van der Waals surface area contributed by atoms with Crippen LogP contribution in [-0.4, -0.2) is 48.4 Å². The van der Waals surface area contributed by atoms with Crippen molar-refractivity contribution in [1.82, 2.24) is 4.90 Å². The van der Waals surface area contributed by atoms with Crippen molar-refractivity contribution in [3.8, 4) is 0 Å². The maximum Gasteiger partial charge on any atom is 0.410 e. The third-order valence-electron chi connectivity index (χ3n) is 4.40. The standard InChI is InChI=1S/C18H25NO5/c1-14(21)23-13-17(11-20)16-7-9-19(10-8-16)18(22)24-12-15-5-3-2-4-6-15/h2-6,16-17,20H,7-13H2,1H3/t17-/m1/s1. The first kappa shape index (κ1) is 18.3. The quantitative estimate of drug-likeness (QED) is 0.807. The first-order valence-electron chi connectivity index (χ1n) is 8.30. The Morgan fingerprint density at radius 3 is 2.46 bits per heavy atom. The number of piperidine rings is 1. The zero-order valence-corrected chi connectivity index (χ0v) is 14.0. The van der Waals surface area contributed by atoms with Crippen LogP contribution in [0.15, 0.2) is 30.3 Å². The Morgan fingerprint density at radius 2 is 1.88 bits per heavy atom. The average Bonchev–Trinajstić information content (AvgIpc) is 2.61. The van der Waals surface area contributed by atoms with Crippen LogP contribution < -0.4 is 0 Å². The maximum atomic E-state index is 12.1. The van der Waals surface area contributed by atoms with Crippen molar-refractivity contribution in [3.63, 3.8) is 0 Å². The van der Waals surface area contributed by atoms with Gasteiger partial charge in [0.25, 0.3) is 0 Å². The van der Waals surface area contributed by atoms with Gasteiger partial charge in [-0.05, 0) is 24.3 Å². The van der Waals surface area contributed by atoms with Gasteiger partial charge < -0.3 is 19.5 Å². The minimum Gasteiger partial charge on any atom is -0.465 e. The van der Waals surface area contributed by atoms with Crippen molar-refractivity contribution in [2.45, 2.75) is 26.4 Å². The average molecular weight is 335 g/mol. The van der Waals surface area contributed by atoms with E-state index in [0.29, 0.717) is 13.1 Å². The molecule has 1 heterocycles. The smallest absolute Gasteiger partial charge is 0.410 e. The van der Waals surface area contributed by atoms with E-state index in [0.717, 1.165) is 18.4 Å². The molecule has 1 atom stereocenters. The zero-order valence-electron chi connectivity index (χ0n) is 14.0. The van der Waals surface area contributed by atoms with Gasteiger partial charge in [0.05, 0.1) is 6.61 Å². The largest absolute Gasteiger partial charge is 0.465 e. The number of amides is 1. The highest BCUT2D eigenvalue weighted by molar-refractivity contribution is 5.67.